The largest absolute Gasteiger partial charge is 0.364 e. The Morgan fingerprint density at radius 2 is 1.89 bits per heavy atom. The van der Waals surface area contributed by atoms with E-state index in [0.29, 0.717) is 5.92 Å². The van der Waals surface area contributed by atoms with Crippen molar-refractivity contribution in [1.29, 1.82) is 0 Å². The van der Waals surface area contributed by atoms with E-state index in [9.17, 15) is 0 Å². The van der Waals surface area contributed by atoms with E-state index < -0.39 is 0 Å². The van der Waals surface area contributed by atoms with Crippen molar-refractivity contribution in [2.45, 2.75) is 37.7 Å². The number of hydrogen-bond acceptors (Lipinski definition) is 1. The van der Waals surface area contributed by atoms with Crippen LogP contribution in [0.1, 0.15) is 37.7 Å². The lowest BCUT2D eigenvalue weighted by molar-refractivity contribution is 0.235. The van der Waals surface area contributed by atoms with Crippen LogP contribution >= 0.6 is 15.9 Å². The van der Waals surface area contributed by atoms with E-state index in [0.717, 1.165) is 11.1 Å². The highest BCUT2D eigenvalue weighted by atomic mass is 79.9. The minimum absolute atomic E-state index is 0.0193. The SMILES string of the molecule is Brc1ccc(C2(C3/C=C\CCCCC3)CO2)cc1. The maximum absolute atomic E-state index is 5.89. The van der Waals surface area contributed by atoms with Gasteiger partial charge in [-0.1, -0.05) is 53.1 Å². The van der Waals surface area contributed by atoms with Crippen molar-refractivity contribution in [3.8, 4) is 0 Å². The number of hydrogen-bond donors (Lipinski definition) is 0. The molecule has 96 valence electrons. The van der Waals surface area contributed by atoms with Crippen molar-refractivity contribution < 1.29 is 4.74 Å². The van der Waals surface area contributed by atoms with Crippen molar-refractivity contribution in [3.63, 3.8) is 0 Å². The summed E-state index contributed by atoms with van der Waals surface area (Å²) in [5.41, 5.74) is 1.31. The van der Waals surface area contributed by atoms with E-state index in [4.69, 9.17) is 4.74 Å². The lowest BCUT2D eigenvalue weighted by Crippen LogP contribution is -2.21. The van der Waals surface area contributed by atoms with E-state index in [1.807, 2.05) is 0 Å². The minimum Gasteiger partial charge on any atom is -0.364 e. The van der Waals surface area contributed by atoms with E-state index in [1.165, 1.54) is 37.7 Å². The van der Waals surface area contributed by atoms with Gasteiger partial charge in [-0.05, 0) is 37.0 Å². The van der Waals surface area contributed by atoms with Gasteiger partial charge in [0.25, 0.3) is 0 Å². The van der Waals surface area contributed by atoms with Crippen molar-refractivity contribution in [1.82, 2.24) is 0 Å². The molecular weight excluding hydrogens is 288 g/mol. The first-order valence-corrected chi connectivity index (χ1v) is 7.67. The van der Waals surface area contributed by atoms with E-state index in [-0.39, 0.29) is 5.60 Å². The molecule has 1 saturated heterocycles. The van der Waals surface area contributed by atoms with Gasteiger partial charge in [0.2, 0.25) is 0 Å². The summed E-state index contributed by atoms with van der Waals surface area (Å²) < 4.78 is 7.03. The Labute approximate surface area is 117 Å². The summed E-state index contributed by atoms with van der Waals surface area (Å²) in [7, 11) is 0. The van der Waals surface area contributed by atoms with Gasteiger partial charge in [-0.2, -0.15) is 0 Å². The normalized spacial score (nSPS) is 33.5. The lowest BCUT2D eigenvalue weighted by Gasteiger charge is -2.23. The van der Waals surface area contributed by atoms with Gasteiger partial charge < -0.3 is 4.74 Å². The standard InChI is InChI=1S/C16H19BrO/c17-15-10-8-14(9-11-15)16(12-18-16)13-6-4-2-1-3-5-7-13/h4,6,8-11,13H,1-3,5,7,12H2/b6-4-. The summed E-state index contributed by atoms with van der Waals surface area (Å²) in [6.45, 7) is 0.879. The molecule has 0 spiro atoms. The van der Waals surface area contributed by atoms with Gasteiger partial charge in [-0.3, -0.25) is 0 Å². The van der Waals surface area contributed by atoms with Crippen molar-refractivity contribution in [2.75, 3.05) is 6.61 Å². The summed E-state index contributed by atoms with van der Waals surface area (Å²) in [5.74, 6) is 0.555. The molecule has 1 aromatic rings. The first-order chi connectivity index (χ1) is 8.81. The van der Waals surface area contributed by atoms with Gasteiger partial charge in [0.1, 0.15) is 5.60 Å². The molecule has 1 nitrogen and oxygen atoms in total. The van der Waals surface area contributed by atoms with Crippen LogP contribution < -0.4 is 0 Å². The predicted octanol–water partition coefficient (Wildman–Crippen LogP) is 4.81. The molecule has 0 bridgehead atoms. The Bertz CT molecular complexity index is 431. The van der Waals surface area contributed by atoms with Crippen LogP contribution in [0, 0.1) is 5.92 Å². The van der Waals surface area contributed by atoms with Crippen molar-refractivity contribution >= 4 is 15.9 Å². The van der Waals surface area contributed by atoms with Gasteiger partial charge in [-0.15, -0.1) is 0 Å². The first kappa shape index (κ1) is 12.4. The number of allylic oxidation sites excluding steroid dienone is 1. The Kier molecular flexibility index (Phi) is 3.58. The molecule has 2 atom stereocenters. The molecule has 0 aromatic heterocycles. The van der Waals surface area contributed by atoms with Gasteiger partial charge >= 0.3 is 0 Å². The maximum Gasteiger partial charge on any atom is 0.123 e. The monoisotopic (exact) mass is 306 g/mol. The molecule has 18 heavy (non-hydrogen) atoms. The molecule has 1 aromatic carbocycles. The fourth-order valence-electron chi connectivity index (χ4n) is 2.95. The van der Waals surface area contributed by atoms with Crippen LogP contribution in [0.2, 0.25) is 0 Å². The third kappa shape index (κ3) is 2.41. The number of rotatable bonds is 2. The molecule has 3 rings (SSSR count). The fraction of sp³-hybridized carbons (Fsp3) is 0.500. The van der Waals surface area contributed by atoms with E-state index in [1.54, 1.807) is 0 Å². The second kappa shape index (κ2) is 5.18. The van der Waals surface area contributed by atoms with Crippen molar-refractivity contribution in [2.24, 2.45) is 5.92 Å². The summed E-state index contributed by atoms with van der Waals surface area (Å²) >= 11 is 3.50. The molecule has 0 N–H and O–H groups in total. The zero-order valence-corrected chi connectivity index (χ0v) is 12.2. The van der Waals surface area contributed by atoms with Crippen LogP contribution in [-0.4, -0.2) is 6.61 Å². The first-order valence-electron chi connectivity index (χ1n) is 6.88. The average Bonchev–Trinajstić information content (AvgIpc) is 3.11. The molecule has 0 amide bonds. The average molecular weight is 307 g/mol. The highest BCUT2D eigenvalue weighted by molar-refractivity contribution is 9.10. The molecule has 1 aliphatic heterocycles. The number of epoxide rings is 1. The topological polar surface area (TPSA) is 12.5 Å². The summed E-state index contributed by atoms with van der Waals surface area (Å²) in [6, 6.07) is 8.63. The highest BCUT2D eigenvalue weighted by Gasteiger charge is 2.51. The van der Waals surface area contributed by atoms with Crippen LogP contribution in [-0.2, 0) is 10.3 Å². The van der Waals surface area contributed by atoms with Crippen LogP contribution in [0.5, 0.6) is 0 Å². The summed E-state index contributed by atoms with van der Waals surface area (Å²) in [5, 5.41) is 0. The van der Waals surface area contributed by atoms with Crippen LogP contribution in [0.4, 0.5) is 0 Å². The van der Waals surface area contributed by atoms with Crippen LogP contribution in [0.3, 0.4) is 0 Å². The van der Waals surface area contributed by atoms with Crippen molar-refractivity contribution in [3.05, 3.63) is 46.5 Å². The molecule has 2 unspecified atom stereocenters. The van der Waals surface area contributed by atoms with Gasteiger partial charge in [0, 0.05) is 10.4 Å². The zero-order valence-electron chi connectivity index (χ0n) is 10.6. The number of benzene rings is 1. The molecule has 2 aliphatic rings. The molecule has 2 heteroatoms. The van der Waals surface area contributed by atoms with Crippen LogP contribution in [0.25, 0.3) is 0 Å². The molecule has 1 aliphatic carbocycles. The fourth-order valence-corrected chi connectivity index (χ4v) is 3.22. The number of ether oxygens (including phenoxy) is 1. The Morgan fingerprint density at radius 3 is 2.61 bits per heavy atom. The summed E-state index contributed by atoms with van der Waals surface area (Å²) in [4.78, 5) is 0. The third-order valence-electron chi connectivity index (χ3n) is 4.14. The second-order valence-electron chi connectivity index (χ2n) is 5.36. The smallest absolute Gasteiger partial charge is 0.123 e. The van der Waals surface area contributed by atoms with Gasteiger partial charge in [0.05, 0.1) is 6.61 Å². The minimum atomic E-state index is -0.0193. The third-order valence-corrected chi connectivity index (χ3v) is 4.67. The van der Waals surface area contributed by atoms with Gasteiger partial charge in [-0.25, -0.2) is 0 Å². The van der Waals surface area contributed by atoms with Crippen LogP contribution in [0.15, 0.2) is 40.9 Å². The molecule has 0 saturated carbocycles. The highest BCUT2D eigenvalue weighted by Crippen LogP contribution is 2.48. The lowest BCUT2D eigenvalue weighted by atomic mass is 9.81. The van der Waals surface area contributed by atoms with E-state index >= 15 is 0 Å². The van der Waals surface area contributed by atoms with E-state index in [2.05, 4.69) is 52.3 Å². The molecule has 1 heterocycles. The zero-order chi connectivity index (χ0) is 12.4. The number of halogens is 1. The maximum atomic E-state index is 5.89. The Morgan fingerprint density at radius 1 is 1.11 bits per heavy atom. The van der Waals surface area contributed by atoms with Gasteiger partial charge in [0.15, 0.2) is 0 Å². The predicted molar refractivity (Wildman–Crippen MR) is 77.5 cm³/mol. The molecule has 0 radical (unpaired) electrons. The quantitative estimate of drug-likeness (QED) is 0.564. The second-order valence-corrected chi connectivity index (χ2v) is 6.27. The Balaban J connectivity index is 1.84. The molecule has 1 fully saturated rings. The summed E-state index contributed by atoms with van der Waals surface area (Å²) in [6.07, 6.45) is 11.3. The molecular formula is C16H19BrO. The Hall–Kier alpha value is -0.600.